The summed E-state index contributed by atoms with van der Waals surface area (Å²) in [5.74, 6) is -2.28. The van der Waals surface area contributed by atoms with Crippen LogP contribution in [0.4, 0.5) is 0 Å². The molecule has 0 spiro atoms. The smallest absolute Gasteiger partial charge is 0.462 e. The van der Waals surface area contributed by atoms with Gasteiger partial charge in [0.1, 0.15) is 19.3 Å². The van der Waals surface area contributed by atoms with E-state index < -0.39 is 97.5 Å². The summed E-state index contributed by atoms with van der Waals surface area (Å²) in [7, 11) is -9.98. The standard InChI is InChI=1S/C85H146O17P2/c1-5-9-13-17-21-25-29-33-36-38-39-41-44-47-50-54-58-62-66-70-83(88)95-75-80(101-84(89)71-67-63-59-55-51-45-32-28-24-20-16-12-8-4)77-99-103(91,92)97-73-79(86)74-98-104(93,94)100-78-81(102-85(90)72-68-64-60-56-52-48-42-35-31-27-23-19-15-11-7-3)76-96-82(87)69-65-61-57-53-49-46-43-40-37-34-30-26-22-18-14-10-6-2/h9-10,13-14,21-22,25-26,33-37,39,41-42,47,50,58,62,79-81,86H,5-8,11-12,15-20,23-24,27-32,38,40,43-46,48-49,51-57,59-61,63-78H2,1-4H3,(H,91,92)(H,93,94)/b13-9-,14-10-,25-21-,26-22-,36-33-,37-34-,41-39-,42-35-,50-47-,62-58-. The van der Waals surface area contributed by atoms with Gasteiger partial charge in [0, 0.05) is 25.7 Å². The molecule has 0 aromatic rings. The van der Waals surface area contributed by atoms with Gasteiger partial charge in [-0.1, -0.05) is 310 Å². The normalized spacial score (nSPS) is 14.5. The zero-order chi connectivity index (χ0) is 76.0. The van der Waals surface area contributed by atoms with Gasteiger partial charge in [-0.05, 0) is 122 Å². The maximum Gasteiger partial charge on any atom is 0.472 e. The molecular weight excluding hydrogens is 1350 g/mol. The molecule has 0 aromatic heterocycles. The average Bonchev–Trinajstić information content (AvgIpc) is 0.939. The summed E-state index contributed by atoms with van der Waals surface area (Å²) in [5.41, 5.74) is 0. The second-order valence-corrected chi connectivity index (χ2v) is 29.9. The first-order valence-corrected chi connectivity index (χ1v) is 43.8. The molecule has 0 bridgehead atoms. The van der Waals surface area contributed by atoms with Crippen molar-refractivity contribution in [2.75, 3.05) is 39.6 Å². The Bertz CT molecular complexity index is 2440. The summed E-state index contributed by atoms with van der Waals surface area (Å²) in [5, 5.41) is 10.6. The Balaban J connectivity index is 5.41. The number of aliphatic hydroxyl groups is 1. The van der Waals surface area contributed by atoms with Gasteiger partial charge in [0.15, 0.2) is 12.2 Å². The first kappa shape index (κ1) is 99.5. The van der Waals surface area contributed by atoms with E-state index in [1.165, 1.54) is 89.9 Å². The van der Waals surface area contributed by atoms with Gasteiger partial charge < -0.3 is 33.8 Å². The van der Waals surface area contributed by atoms with Crippen molar-refractivity contribution in [3.05, 3.63) is 122 Å². The van der Waals surface area contributed by atoms with Crippen molar-refractivity contribution in [3.8, 4) is 0 Å². The lowest BCUT2D eigenvalue weighted by Crippen LogP contribution is -2.30. The summed E-state index contributed by atoms with van der Waals surface area (Å²) in [6.07, 6.45) is 84.7. The number of unbranched alkanes of at least 4 members (excludes halogenated alkanes) is 30. The molecule has 0 saturated heterocycles. The number of phosphoric ester groups is 2. The molecule has 17 nitrogen and oxygen atoms in total. The molecule has 3 N–H and O–H groups in total. The van der Waals surface area contributed by atoms with E-state index in [2.05, 4.69) is 131 Å². The Hall–Kier alpha value is -4.54. The molecular formula is C85H146O17P2. The number of ether oxygens (including phenoxy) is 4. The zero-order valence-electron chi connectivity index (χ0n) is 65.4. The largest absolute Gasteiger partial charge is 0.472 e. The van der Waals surface area contributed by atoms with Crippen LogP contribution in [0, 0.1) is 0 Å². The van der Waals surface area contributed by atoms with Crippen molar-refractivity contribution < 1.29 is 80.2 Å². The molecule has 5 atom stereocenters. The summed E-state index contributed by atoms with van der Waals surface area (Å²) < 4.78 is 68.6. The second-order valence-electron chi connectivity index (χ2n) is 27.0. The molecule has 19 heteroatoms. The summed E-state index contributed by atoms with van der Waals surface area (Å²) >= 11 is 0. The molecule has 0 rings (SSSR count). The van der Waals surface area contributed by atoms with Crippen LogP contribution in [0.1, 0.15) is 336 Å². The summed E-state index contributed by atoms with van der Waals surface area (Å²) in [6.45, 7) is 4.58. The minimum atomic E-state index is -4.99. The summed E-state index contributed by atoms with van der Waals surface area (Å²) in [6, 6.07) is 0. The average molecular weight is 1500 g/mol. The van der Waals surface area contributed by atoms with E-state index >= 15 is 0 Å². The van der Waals surface area contributed by atoms with E-state index in [0.29, 0.717) is 32.1 Å². The SMILES string of the molecule is CC/C=C\C/C=C\C/C=C\C/C=C\C/C=C\C/C=C\CCC(=O)OCC(COP(=O)(O)OCC(O)COP(=O)(O)OCC(COC(=O)CCCCCCCCC/C=C\C/C=C\C/C=C\CC)OC(=O)CCCCCCC/C=C\CCCCCCCC)OC(=O)CCCCCCCCCCCCCCC. The molecule has 598 valence electrons. The van der Waals surface area contributed by atoms with Gasteiger partial charge in [0.05, 0.1) is 26.4 Å². The zero-order valence-corrected chi connectivity index (χ0v) is 67.2. The van der Waals surface area contributed by atoms with Crippen LogP contribution in [-0.2, 0) is 65.4 Å². The van der Waals surface area contributed by atoms with Crippen molar-refractivity contribution in [3.63, 3.8) is 0 Å². The van der Waals surface area contributed by atoms with Gasteiger partial charge in [-0.15, -0.1) is 0 Å². The molecule has 104 heavy (non-hydrogen) atoms. The molecule has 0 aliphatic carbocycles. The lowest BCUT2D eigenvalue weighted by Gasteiger charge is -2.21. The Morgan fingerprint density at radius 1 is 0.279 bits per heavy atom. The molecule has 0 aliphatic rings. The number of allylic oxidation sites excluding steroid dienone is 20. The Labute approximate surface area is 632 Å². The predicted molar refractivity (Wildman–Crippen MR) is 427 cm³/mol. The van der Waals surface area contributed by atoms with E-state index in [0.717, 1.165) is 161 Å². The van der Waals surface area contributed by atoms with Gasteiger partial charge in [-0.2, -0.15) is 0 Å². The first-order chi connectivity index (χ1) is 50.7. The fourth-order valence-corrected chi connectivity index (χ4v) is 12.4. The molecule has 0 amide bonds. The highest BCUT2D eigenvalue weighted by Crippen LogP contribution is 2.45. The molecule has 0 fully saturated rings. The van der Waals surface area contributed by atoms with Crippen molar-refractivity contribution in [1.29, 1.82) is 0 Å². The maximum absolute atomic E-state index is 13.1. The van der Waals surface area contributed by atoms with E-state index in [4.69, 9.17) is 37.0 Å². The quantitative estimate of drug-likeness (QED) is 0.0169. The highest BCUT2D eigenvalue weighted by molar-refractivity contribution is 7.47. The van der Waals surface area contributed by atoms with Crippen LogP contribution in [-0.4, -0.2) is 96.7 Å². The van der Waals surface area contributed by atoms with Gasteiger partial charge >= 0.3 is 39.5 Å². The minimum absolute atomic E-state index is 0.0364. The van der Waals surface area contributed by atoms with E-state index in [9.17, 15) is 43.2 Å². The number of carbonyl (C=O) groups is 4. The van der Waals surface area contributed by atoms with Crippen LogP contribution in [0.5, 0.6) is 0 Å². The molecule has 0 aliphatic heterocycles. The highest BCUT2D eigenvalue weighted by Gasteiger charge is 2.30. The maximum atomic E-state index is 13.1. The first-order valence-electron chi connectivity index (χ1n) is 40.8. The number of carbonyl (C=O) groups excluding carboxylic acids is 4. The van der Waals surface area contributed by atoms with Crippen molar-refractivity contribution in [1.82, 2.24) is 0 Å². The molecule has 0 saturated carbocycles. The van der Waals surface area contributed by atoms with Gasteiger partial charge in [-0.3, -0.25) is 37.3 Å². The fourth-order valence-electron chi connectivity index (χ4n) is 10.8. The van der Waals surface area contributed by atoms with Crippen LogP contribution in [0.25, 0.3) is 0 Å². The Morgan fingerprint density at radius 3 is 0.837 bits per heavy atom. The number of hydrogen-bond acceptors (Lipinski definition) is 15. The van der Waals surface area contributed by atoms with Crippen molar-refractivity contribution in [2.45, 2.75) is 354 Å². The fraction of sp³-hybridized carbons (Fsp3) is 0.718. The predicted octanol–water partition coefficient (Wildman–Crippen LogP) is 23.9. The highest BCUT2D eigenvalue weighted by atomic mass is 31.2. The molecule has 0 heterocycles. The third-order valence-corrected chi connectivity index (χ3v) is 18.8. The number of rotatable bonds is 76. The van der Waals surface area contributed by atoms with Gasteiger partial charge in [0.2, 0.25) is 0 Å². The van der Waals surface area contributed by atoms with Gasteiger partial charge in [0.25, 0.3) is 0 Å². The number of aliphatic hydroxyl groups excluding tert-OH is 1. The van der Waals surface area contributed by atoms with Crippen LogP contribution in [0.2, 0.25) is 0 Å². The van der Waals surface area contributed by atoms with Crippen molar-refractivity contribution >= 4 is 39.5 Å². The Kier molecular flexibility index (Phi) is 73.3. The lowest BCUT2D eigenvalue weighted by molar-refractivity contribution is -0.161. The van der Waals surface area contributed by atoms with Crippen LogP contribution >= 0.6 is 15.6 Å². The van der Waals surface area contributed by atoms with E-state index in [1.54, 1.807) is 0 Å². The molecule has 0 radical (unpaired) electrons. The molecule has 0 aromatic carbocycles. The van der Waals surface area contributed by atoms with Gasteiger partial charge in [-0.25, -0.2) is 9.13 Å². The van der Waals surface area contributed by atoms with Crippen LogP contribution < -0.4 is 0 Å². The number of hydrogen-bond donors (Lipinski definition) is 3. The molecule has 5 unspecified atom stereocenters. The van der Waals surface area contributed by atoms with Crippen LogP contribution in [0.3, 0.4) is 0 Å². The Morgan fingerprint density at radius 2 is 0.519 bits per heavy atom. The van der Waals surface area contributed by atoms with E-state index in [-0.39, 0.29) is 25.7 Å². The monoisotopic (exact) mass is 1500 g/mol. The number of esters is 4. The van der Waals surface area contributed by atoms with Crippen molar-refractivity contribution in [2.24, 2.45) is 0 Å². The lowest BCUT2D eigenvalue weighted by atomic mass is 10.0. The van der Waals surface area contributed by atoms with E-state index in [1.807, 2.05) is 18.2 Å². The van der Waals surface area contributed by atoms with Crippen LogP contribution in [0.15, 0.2) is 122 Å². The second kappa shape index (κ2) is 76.6. The summed E-state index contributed by atoms with van der Waals surface area (Å²) in [4.78, 5) is 73.0. The third-order valence-electron chi connectivity index (χ3n) is 16.9. The topological polar surface area (TPSA) is 237 Å². The minimum Gasteiger partial charge on any atom is -0.462 e. The number of phosphoric acid groups is 2. The third kappa shape index (κ3) is 75.7.